The van der Waals surface area contributed by atoms with Gasteiger partial charge < -0.3 is 0 Å². The van der Waals surface area contributed by atoms with E-state index in [0.717, 1.165) is 30.7 Å². The first kappa shape index (κ1) is 11.8. The van der Waals surface area contributed by atoms with Crippen LogP contribution in [0.4, 0.5) is 5.95 Å². The summed E-state index contributed by atoms with van der Waals surface area (Å²) >= 11 is 0. The first-order valence-corrected chi connectivity index (χ1v) is 5.93. The molecule has 0 aromatic carbocycles. The van der Waals surface area contributed by atoms with Gasteiger partial charge in [0.05, 0.1) is 0 Å². The molecule has 0 spiro atoms. The van der Waals surface area contributed by atoms with Crippen molar-refractivity contribution in [3.05, 3.63) is 29.6 Å². The molecule has 0 bridgehead atoms. The second kappa shape index (κ2) is 5.08. The molecular weight excluding hydrogens is 214 g/mol. The van der Waals surface area contributed by atoms with E-state index in [0.29, 0.717) is 5.95 Å². The van der Waals surface area contributed by atoms with Crippen LogP contribution in [-0.4, -0.2) is 15.9 Å². The van der Waals surface area contributed by atoms with Gasteiger partial charge in [-0.05, 0) is 39.2 Å². The van der Waals surface area contributed by atoms with Crippen molar-refractivity contribution in [3.8, 4) is 0 Å². The molecule has 2 rings (SSSR count). The van der Waals surface area contributed by atoms with Crippen LogP contribution in [-0.2, 0) is 4.79 Å². The van der Waals surface area contributed by atoms with Crippen LogP contribution in [0.1, 0.15) is 30.7 Å². The topological polar surface area (TPSA) is 54.9 Å². The van der Waals surface area contributed by atoms with E-state index in [1.54, 1.807) is 0 Å². The molecule has 1 atom stereocenters. The minimum atomic E-state index is 0.0272. The second-order valence-corrected chi connectivity index (χ2v) is 4.44. The first-order chi connectivity index (χ1) is 8.15. The summed E-state index contributed by atoms with van der Waals surface area (Å²) in [4.78, 5) is 20.4. The molecule has 0 saturated heterocycles. The van der Waals surface area contributed by atoms with Gasteiger partial charge >= 0.3 is 0 Å². The molecule has 0 saturated carbocycles. The molecule has 17 heavy (non-hydrogen) atoms. The number of allylic oxidation sites excluding steroid dienone is 2. The van der Waals surface area contributed by atoms with Gasteiger partial charge in [-0.2, -0.15) is 0 Å². The van der Waals surface area contributed by atoms with Crippen LogP contribution in [0.5, 0.6) is 0 Å². The van der Waals surface area contributed by atoms with Crippen molar-refractivity contribution in [1.29, 1.82) is 0 Å². The molecule has 1 amide bonds. The molecule has 0 radical (unpaired) electrons. The predicted molar refractivity (Wildman–Crippen MR) is 66.6 cm³/mol. The number of carbonyl (C=O) groups is 1. The molecule has 4 nitrogen and oxygen atoms in total. The summed E-state index contributed by atoms with van der Waals surface area (Å²) in [7, 11) is 0. The lowest BCUT2D eigenvalue weighted by molar-refractivity contribution is -0.120. The van der Waals surface area contributed by atoms with Crippen molar-refractivity contribution in [2.75, 3.05) is 5.32 Å². The Kier molecular flexibility index (Phi) is 3.52. The largest absolute Gasteiger partial charge is 0.294 e. The fraction of sp³-hybridized carbons (Fsp3) is 0.462. The van der Waals surface area contributed by atoms with E-state index in [1.807, 2.05) is 19.9 Å². The van der Waals surface area contributed by atoms with E-state index in [-0.39, 0.29) is 11.8 Å². The normalized spacial score (nSPS) is 19.1. The number of rotatable bonds is 2. The van der Waals surface area contributed by atoms with Crippen molar-refractivity contribution in [3.63, 3.8) is 0 Å². The molecule has 1 heterocycles. The van der Waals surface area contributed by atoms with Gasteiger partial charge in [0.2, 0.25) is 11.9 Å². The lowest BCUT2D eigenvalue weighted by atomic mass is 9.94. The third kappa shape index (κ3) is 3.12. The maximum atomic E-state index is 12.0. The molecule has 1 aliphatic rings. The van der Waals surface area contributed by atoms with Gasteiger partial charge in [-0.1, -0.05) is 12.2 Å². The monoisotopic (exact) mass is 231 g/mol. The van der Waals surface area contributed by atoms with Crippen LogP contribution in [0.15, 0.2) is 18.2 Å². The summed E-state index contributed by atoms with van der Waals surface area (Å²) in [6.45, 7) is 3.79. The van der Waals surface area contributed by atoms with E-state index in [1.165, 1.54) is 0 Å². The zero-order chi connectivity index (χ0) is 12.3. The third-order valence-electron chi connectivity index (χ3n) is 2.86. The summed E-state index contributed by atoms with van der Waals surface area (Å²) in [6, 6.07) is 1.89. The highest BCUT2D eigenvalue weighted by molar-refractivity contribution is 5.91. The molecular formula is C13H17N3O. The maximum absolute atomic E-state index is 12.0. The number of aromatic nitrogens is 2. The standard InChI is InChI=1S/C13H17N3O/c1-9-8-10(2)15-13(14-9)16-12(17)11-6-4-3-5-7-11/h3-4,8,11H,5-7H2,1-2H3,(H,14,15,16,17). The molecule has 1 unspecified atom stereocenters. The van der Waals surface area contributed by atoms with Crippen molar-refractivity contribution < 1.29 is 4.79 Å². The summed E-state index contributed by atoms with van der Waals surface area (Å²) in [5.41, 5.74) is 1.74. The molecule has 4 heteroatoms. The van der Waals surface area contributed by atoms with E-state index in [4.69, 9.17) is 0 Å². The first-order valence-electron chi connectivity index (χ1n) is 5.93. The number of aryl methyl sites for hydroxylation is 2. The Balaban J connectivity index is 2.04. The average Bonchev–Trinajstić information content (AvgIpc) is 2.28. The van der Waals surface area contributed by atoms with Crippen LogP contribution < -0.4 is 5.32 Å². The lowest BCUT2D eigenvalue weighted by Crippen LogP contribution is -2.24. The highest BCUT2D eigenvalue weighted by atomic mass is 16.2. The predicted octanol–water partition coefficient (Wildman–Crippen LogP) is 2.39. The molecule has 90 valence electrons. The highest BCUT2D eigenvalue weighted by Gasteiger charge is 2.19. The fourth-order valence-corrected chi connectivity index (χ4v) is 2.03. The molecule has 0 fully saturated rings. The second-order valence-electron chi connectivity index (χ2n) is 4.44. The molecule has 1 N–H and O–H groups in total. The fourth-order valence-electron chi connectivity index (χ4n) is 2.03. The van der Waals surface area contributed by atoms with Gasteiger partial charge in [0.25, 0.3) is 0 Å². The number of hydrogen-bond acceptors (Lipinski definition) is 3. The van der Waals surface area contributed by atoms with Crippen LogP contribution in [0.2, 0.25) is 0 Å². The van der Waals surface area contributed by atoms with Gasteiger partial charge in [-0.3, -0.25) is 10.1 Å². The third-order valence-corrected chi connectivity index (χ3v) is 2.86. The number of anilines is 1. The minimum absolute atomic E-state index is 0.0272. The Labute approximate surface area is 101 Å². The van der Waals surface area contributed by atoms with Crippen LogP contribution in [0.3, 0.4) is 0 Å². The lowest BCUT2D eigenvalue weighted by Gasteiger charge is -2.16. The number of nitrogens with zero attached hydrogens (tertiary/aromatic N) is 2. The Morgan fingerprint density at radius 2 is 2.00 bits per heavy atom. The molecule has 1 aromatic rings. The van der Waals surface area contributed by atoms with E-state index < -0.39 is 0 Å². The smallest absolute Gasteiger partial charge is 0.230 e. The van der Waals surface area contributed by atoms with E-state index in [9.17, 15) is 4.79 Å². The van der Waals surface area contributed by atoms with Crippen molar-refractivity contribution in [2.24, 2.45) is 5.92 Å². The SMILES string of the molecule is Cc1cc(C)nc(NC(=O)C2CC=CCC2)n1. The Bertz CT molecular complexity index is 434. The molecule has 1 aromatic heterocycles. The van der Waals surface area contributed by atoms with Gasteiger partial charge in [-0.25, -0.2) is 9.97 Å². The minimum Gasteiger partial charge on any atom is -0.294 e. The van der Waals surface area contributed by atoms with Crippen LogP contribution >= 0.6 is 0 Å². The van der Waals surface area contributed by atoms with E-state index >= 15 is 0 Å². The quantitative estimate of drug-likeness (QED) is 0.795. The Hall–Kier alpha value is -1.71. The number of hydrogen-bond donors (Lipinski definition) is 1. The van der Waals surface area contributed by atoms with Crippen molar-refractivity contribution >= 4 is 11.9 Å². The van der Waals surface area contributed by atoms with Crippen molar-refractivity contribution in [2.45, 2.75) is 33.1 Å². The molecule has 0 aliphatic heterocycles. The van der Waals surface area contributed by atoms with Crippen LogP contribution in [0.25, 0.3) is 0 Å². The Morgan fingerprint density at radius 1 is 1.29 bits per heavy atom. The van der Waals surface area contributed by atoms with Gasteiger partial charge in [0.1, 0.15) is 0 Å². The maximum Gasteiger partial charge on any atom is 0.230 e. The number of nitrogens with one attached hydrogen (secondary N) is 1. The summed E-state index contributed by atoms with van der Waals surface area (Å²) < 4.78 is 0. The number of amides is 1. The zero-order valence-corrected chi connectivity index (χ0v) is 10.2. The molecule has 1 aliphatic carbocycles. The van der Waals surface area contributed by atoms with Gasteiger partial charge in [-0.15, -0.1) is 0 Å². The number of carbonyl (C=O) groups excluding carboxylic acids is 1. The summed E-state index contributed by atoms with van der Waals surface area (Å²) in [5.74, 6) is 0.505. The summed E-state index contributed by atoms with van der Waals surface area (Å²) in [6.07, 6.45) is 6.89. The van der Waals surface area contributed by atoms with Gasteiger partial charge in [0, 0.05) is 17.3 Å². The van der Waals surface area contributed by atoms with Crippen molar-refractivity contribution in [1.82, 2.24) is 9.97 Å². The Morgan fingerprint density at radius 3 is 2.59 bits per heavy atom. The zero-order valence-electron chi connectivity index (χ0n) is 10.2. The summed E-state index contributed by atoms with van der Waals surface area (Å²) in [5, 5.41) is 2.80. The highest BCUT2D eigenvalue weighted by Crippen LogP contribution is 2.19. The average molecular weight is 231 g/mol. The van der Waals surface area contributed by atoms with Gasteiger partial charge in [0.15, 0.2) is 0 Å². The van der Waals surface area contributed by atoms with E-state index in [2.05, 4.69) is 27.4 Å². The van der Waals surface area contributed by atoms with Crippen LogP contribution in [0, 0.1) is 19.8 Å².